The molecule has 1 saturated heterocycles. The highest BCUT2D eigenvalue weighted by Gasteiger charge is 2.40. The minimum absolute atomic E-state index is 0.0976. The standard InChI is InChI=1S/C15H19BrN2O2/c1-15(2,14(20)18-9-5-6-10-18)13(19)17-12-8-4-3-7-11(12)16/h3-4,7-8H,5-6,9-10H2,1-2H3,(H,17,19). The summed E-state index contributed by atoms with van der Waals surface area (Å²) >= 11 is 3.38. The predicted octanol–water partition coefficient (Wildman–Crippen LogP) is 3.04. The van der Waals surface area contributed by atoms with E-state index in [-0.39, 0.29) is 11.8 Å². The van der Waals surface area contributed by atoms with Crippen LogP contribution in [-0.2, 0) is 9.59 Å². The Labute approximate surface area is 127 Å². The first kappa shape index (κ1) is 15.0. The lowest BCUT2D eigenvalue weighted by atomic mass is 9.90. The average molecular weight is 339 g/mol. The van der Waals surface area contributed by atoms with Gasteiger partial charge in [-0.05, 0) is 54.8 Å². The largest absolute Gasteiger partial charge is 0.342 e. The molecule has 0 saturated carbocycles. The molecule has 1 aliphatic heterocycles. The van der Waals surface area contributed by atoms with Gasteiger partial charge in [-0.3, -0.25) is 9.59 Å². The number of benzene rings is 1. The molecule has 1 aromatic carbocycles. The molecule has 1 aromatic rings. The molecule has 108 valence electrons. The summed E-state index contributed by atoms with van der Waals surface area (Å²) in [6, 6.07) is 7.37. The fourth-order valence-electron chi connectivity index (χ4n) is 2.25. The predicted molar refractivity (Wildman–Crippen MR) is 82.4 cm³/mol. The van der Waals surface area contributed by atoms with Crippen molar-refractivity contribution in [1.82, 2.24) is 4.90 Å². The monoisotopic (exact) mass is 338 g/mol. The first-order chi connectivity index (χ1) is 9.43. The maximum Gasteiger partial charge on any atom is 0.239 e. The Kier molecular flexibility index (Phi) is 4.48. The lowest BCUT2D eigenvalue weighted by Crippen LogP contribution is -2.46. The number of hydrogen-bond donors (Lipinski definition) is 1. The van der Waals surface area contributed by atoms with Crippen LogP contribution in [0.15, 0.2) is 28.7 Å². The zero-order valence-corrected chi connectivity index (χ0v) is 13.4. The van der Waals surface area contributed by atoms with E-state index in [1.807, 2.05) is 18.2 Å². The van der Waals surface area contributed by atoms with Gasteiger partial charge in [0.15, 0.2) is 0 Å². The second-order valence-corrected chi connectivity index (χ2v) is 6.41. The van der Waals surface area contributed by atoms with Gasteiger partial charge in [0.05, 0.1) is 5.69 Å². The van der Waals surface area contributed by atoms with Crippen molar-refractivity contribution >= 4 is 33.4 Å². The molecule has 0 unspecified atom stereocenters. The van der Waals surface area contributed by atoms with Crippen LogP contribution in [0.4, 0.5) is 5.69 Å². The molecule has 2 amide bonds. The lowest BCUT2D eigenvalue weighted by Gasteiger charge is -2.28. The molecule has 1 aliphatic rings. The van der Waals surface area contributed by atoms with Gasteiger partial charge in [-0.1, -0.05) is 12.1 Å². The Hall–Kier alpha value is -1.36. The summed E-state index contributed by atoms with van der Waals surface area (Å²) < 4.78 is 0.803. The van der Waals surface area contributed by atoms with Gasteiger partial charge >= 0.3 is 0 Å². The number of carbonyl (C=O) groups excluding carboxylic acids is 2. The van der Waals surface area contributed by atoms with E-state index < -0.39 is 5.41 Å². The van der Waals surface area contributed by atoms with Crippen LogP contribution in [0.1, 0.15) is 26.7 Å². The SMILES string of the molecule is CC(C)(C(=O)Nc1ccccc1Br)C(=O)N1CCCC1. The minimum Gasteiger partial charge on any atom is -0.342 e. The van der Waals surface area contributed by atoms with Crippen LogP contribution in [0.2, 0.25) is 0 Å². The third-order valence-corrected chi connectivity index (χ3v) is 4.31. The Bertz CT molecular complexity index is 522. The van der Waals surface area contributed by atoms with Crippen molar-refractivity contribution in [2.24, 2.45) is 5.41 Å². The van der Waals surface area contributed by atoms with Gasteiger partial charge in [0.1, 0.15) is 5.41 Å². The number of carbonyl (C=O) groups is 2. The van der Waals surface area contributed by atoms with Crippen LogP contribution in [0.25, 0.3) is 0 Å². The van der Waals surface area contributed by atoms with Gasteiger partial charge in [-0.25, -0.2) is 0 Å². The number of amides is 2. The highest BCUT2D eigenvalue weighted by molar-refractivity contribution is 9.10. The van der Waals surface area contributed by atoms with Crippen molar-refractivity contribution in [3.8, 4) is 0 Å². The van der Waals surface area contributed by atoms with E-state index in [4.69, 9.17) is 0 Å². The maximum atomic E-state index is 12.4. The Balaban J connectivity index is 2.10. The van der Waals surface area contributed by atoms with E-state index in [1.54, 1.807) is 24.8 Å². The summed E-state index contributed by atoms with van der Waals surface area (Å²) in [7, 11) is 0. The van der Waals surface area contributed by atoms with Gasteiger partial charge in [0.2, 0.25) is 11.8 Å². The van der Waals surface area contributed by atoms with Gasteiger partial charge in [0, 0.05) is 17.6 Å². The fourth-order valence-corrected chi connectivity index (χ4v) is 2.64. The third kappa shape index (κ3) is 3.03. The molecule has 0 bridgehead atoms. The van der Waals surface area contributed by atoms with Gasteiger partial charge in [0.25, 0.3) is 0 Å². The van der Waals surface area contributed by atoms with E-state index >= 15 is 0 Å². The third-order valence-electron chi connectivity index (χ3n) is 3.62. The highest BCUT2D eigenvalue weighted by Crippen LogP contribution is 2.27. The summed E-state index contributed by atoms with van der Waals surface area (Å²) in [5.74, 6) is -0.374. The molecular weight excluding hydrogens is 320 g/mol. The molecule has 0 spiro atoms. The van der Waals surface area contributed by atoms with Crippen molar-refractivity contribution in [1.29, 1.82) is 0 Å². The van der Waals surface area contributed by atoms with Crippen LogP contribution in [0.3, 0.4) is 0 Å². The minimum atomic E-state index is -1.06. The molecule has 0 aliphatic carbocycles. The number of anilines is 1. The van der Waals surface area contributed by atoms with Crippen molar-refractivity contribution < 1.29 is 9.59 Å². The molecule has 5 heteroatoms. The van der Waals surface area contributed by atoms with Crippen LogP contribution in [-0.4, -0.2) is 29.8 Å². The highest BCUT2D eigenvalue weighted by atomic mass is 79.9. The van der Waals surface area contributed by atoms with E-state index in [2.05, 4.69) is 21.2 Å². The molecule has 0 atom stereocenters. The number of rotatable bonds is 3. The zero-order chi connectivity index (χ0) is 14.8. The fraction of sp³-hybridized carbons (Fsp3) is 0.467. The Morgan fingerprint density at radius 2 is 1.80 bits per heavy atom. The molecule has 4 nitrogen and oxygen atoms in total. The normalized spacial score (nSPS) is 15.2. The molecule has 0 radical (unpaired) electrons. The summed E-state index contributed by atoms with van der Waals surface area (Å²) in [6.45, 7) is 4.87. The molecule has 0 aromatic heterocycles. The number of likely N-dealkylation sites (tertiary alicyclic amines) is 1. The number of hydrogen-bond acceptors (Lipinski definition) is 2. The smallest absolute Gasteiger partial charge is 0.239 e. The van der Waals surface area contributed by atoms with Crippen molar-refractivity contribution in [2.75, 3.05) is 18.4 Å². The number of para-hydroxylation sites is 1. The first-order valence-electron chi connectivity index (χ1n) is 6.78. The molecular formula is C15H19BrN2O2. The quantitative estimate of drug-likeness (QED) is 0.861. The second kappa shape index (κ2) is 5.95. The number of nitrogens with zero attached hydrogens (tertiary/aromatic N) is 1. The van der Waals surface area contributed by atoms with Crippen LogP contribution < -0.4 is 5.32 Å². The summed E-state index contributed by atoms with van der Waals surface area (Å²) in [4.78, 5) is 26.6. The maximum absolute atomic E-state index is 12.4. The van der Waals surface area contributed by atoms with Crippen molar-refractivity contribution in [3.63, 3.8) is 0 Å². The van der Waals surface area contributed by atoms with E-state index in [1.165, 1.54) is 0 Å². The van der Waals surface area contributed by atoms with Crippen LogP contribution >= 0.6 is 15.9 Å². The first-order valence-corrected chi connectivity index (χ1v) is 7.57. The number of halogens is 1. The number of nitrogens with one attached hydrogen (secondary N) is 1. The second-order valence-electron chi connectivity index (χ2n) is 5.56. The molecule has 2 rings (SSSR count). The van der Waals surface area contributed by atoms with Gasteiger partial charge in [-0.2, -0.15) is 0 Å². The summed E-state index contributed by atoms with van der Waals surface area (Å²) in [5, 5.41) is 2.82. The van der Waals surface area contributed by atoms with Crippen molar-refractivity contribution in [3.05, 3.63) is 28.7 Å². The Morgan fingerprint density at radius 1 is 1.20 bits per heavy atom. The molecule has 20 heavy (non-hydrogen) atoms. The molecule has 1 N–H and O–H groups in total. The van der Waals surface area contributed by atoms with Crippen LogP contribution in [0.5, 0.6) is 0 Å². The van der Waals surface area contributed by atoms with E-state index in [0.29, 0.717) is 5.69 Å². The molecule has 1 fully saturated rings. The lowest BCUT2D eigenvalue weighted by molar-refractivity contribution is -0.145. The van der Waals surface area contributed by atoms with E-state index in [0.717, 1.165) is 30.4 Å². The van der Waals surface area contributed by atoms with Gasteiger partial charge < -0.3 is 10.2 Å². The zero-order valence-electron chi connectivity index (χ0n) is 11.8. The Morgan fingerprint density at radius 3 is 2.40 bits per heavy atom. The van der Waals surface area contributed by atoms with Crippen molar-refractivity contribution in [2.45, 2.75) is 26.7 Å². The summed E-state index contributed by atoms with van der Waals surface area (Å²) in [5.41, 5.74) is -0.376. The average Bonchev–Trinajstić information content (AvgIpc) is 2.94. The summed E-state index contributed by atoms with van der Waals surface area (Å²) in [6.07, 6.45) is 2.04. The van der Waals surface area contributed by atoms with E-state index in [9.17, 15) is 9.59 Å². The van der Waals surface area contributed by atoms with Gasteiger partial charge in [-0.15, -0.1) is 0 Å². The topological polar surface area (TPSA) is 49.4 Å². The molecule has 1 heterocycles. The van der Waals surface area contributed by atoms with Crippen LogP contribution in [0, 0.1) is 5.41 Å².